The molecule has 1 aromatic carbocycles. The van der Waals surface area contributed by atoms with E-state index in [0.29, 0.717) is 4.47 Å². The van der Waals surface area contributed by atoms with Crippen LogP contribution in [-0.2, 0) is 9.05 Å². The first kappa shape index (κ1) is 15.1. The molecule has 0 saturated carbocycles. The number of ether oxygens (including phenoxy) is 1. The van der Waals surface area contributed by atoms with E-state index in [1.54, 1.807) is 0 Å². The van der Waals surface area contributed by atoms with E-state index in [1.807, 2.05) is 0 Å². The van der Waals surface area contributed by atoms with Gasteiger partial charge in [-0.25, -0.2) is 8.42 Å². The van der Waals surface area contributed by atoms with E-state index in [9.17, 15) is 8.42 Å². The molecule has 0 bridgehead atoms. The summed E-state index contributed by atoms with van der Waals surface area (Å²) in [5.41, 5.74) is 1.25. The highest BCUT2D eigenvalue weighted by molar-refractivity contribution is 9.10. The fraction of sp³-hybridized carbons (Fsp3) is 0.111. The van der Waals surface area contributed by atoms with Gasteiger partial charge in [-0.15, -0.1) is 0 Å². The number of halogens is 4. The summed E-state index contributed by atoms with van der Waals surface area (Å²) in [5.74, 6) is -0.000340. The first-order valence-corrected chi connectivity index (χ1v) is 8.09. The van der Waals surface area contributed by atoms with Gasteiger partial charge < -0.3 is 4.74 Å². The minimum Gasteiger partial charge on any atom is -0.487 e. The SMILES string of the molecule is O=S(=O)(Cl)c1cc(Br)cc(Cl)c1OC/C=C/Cl. The third-order valence-corrected chi connectivity index (χ3v) is 3.89. The van der Waals surface area contributed by atoms with E-state index < -0.39 is 9.05 Å². The standard InChI is InChI=1S/C9H6BrCl3O3S/c10-6-4-7(12)9(16-3-1-2-11)8(5-6)17(13,14)15/h1-2,4-5H,3H2/b2-1+. The van der Waals surface area contributed by atoms with Gasteiger partial charge >= 0.3 is 0 Å². The van der Waals surface area contributed by atoms with Crippen molar-refractivity contribution in [1.82, 2.24) is 0 Å². The molecule has 94 valence electrons. The van der Waals surface area contributed by atoms with Gasteiger partial charge in [0.15, 0.2) is 5.75 Å². The van der Waals surface area contributed by atoms with Gasteiger partial charge in [-0.2, -0.15) is 0 Å². The van der Waals surface area contributed by atoms with E-state index in [4.69, 9.17) is 38.6 Å². The molecule has 0 atom stereocenters. The van der Waals surface area contributed by atoms with E-state index >= 15 is 0 Å². The van der Waals surface area contributed by atoms with Crippen LogP contribution < -0.4 is 4.74 Å². The minimum absolute atomic E-state index is 0.000340. The van der Waals surface area contributed by atoms with Gasteiger partial charge in [0, 0.05) is 20.7 Å². The summed E-state index contributed by atoms with van der Waals surface area (Å²) in [6.45, 7) is 0.0876. The maximum atomic E-state index is 11.4. The van der Waals surface area contributed by atoms with Crippen LogP contribution in [0, 0.1) is 0 Å². The number of hydrogen-bond donors (Lipinski definition) is 0. The topological polar surface area (TPSA) is 43.4 Å². The molecule has 0 unspecified atom stereocenters. The predicted molar refractivity (Wildman–Crippen MR) is 72.7 cm³/mol. The monoisotopic (exact) mass is 378 g/mol. The second kappa shape index (κ2) is 6.29. The van der Waals surface area contributed by atoms with E-state index in [2.05, 4.69) is 15.9 Å². The van der Waals surface area contributed by atoms with Crippen LogP contribution in [0.2, 0.25) is 5.02 Å². The lowest BCUT2D eigenvalue weighted by Crippen LogP contribution is -2.01. The van der Waals surface area contributed by atoms with Crippen LogP contribution in [0.25, 0.3) is 0 Å². The maximum absolute atomic E-state index is 11.4. The normalized spacial score (nSPS) is 12.0. The molecule has 0 aliphatic rings. The molecule has 0 saturated heterocycles. The zero-order chi connectivity index (χ0) is 13.1. The van der Waals surface area contributed by atoms with Crippen molar-refractivity contribution in [3.63, 3.8) is 0 Å². The largest absolute Gasteiger partial charge is 0.487 e. The Balaban J connectivity index is 3.26. The van der Waals surface area contributed by atoms with Crippen molar-refractivity contribution >= 4 is 58.9 Å². The number of hydrogen-bond acceptors (Lipinski definition) is 3. The second-order valence-electron chi connectivity index (χ2n) is 2.83. The summed E-state index contributed by atoms with van der Waals surface area (Å²) in [4.78, 5) is -0.193. The molecule has 8 heteroatoms. The summed E-state index contributed by atoms with van der Waals surface area (Å²) < 4.78 is 28.4. The molecule has 0 heterocycles. The maximum Gasteiger partial charge on any atom is 0.265 e. The van der Waals surface area contributed by atoms with Crippen LogP contribution in [0.4, 0.5) is 0 Å². The predicted octanol–water partition coefficient (Wildman–Crippen LogP) is 4.16. The Bertz CT molecular complexity index is 543. The molecule has 1 rings (SSSR count). The van der Waals surface area contributed by atoms with Crippen molar-refractivity contribution in [2.24, 2.45) is 0 Å². The van der Waals surface area contributed by atoms with Gasteiger partial charge in [0.05, 0.1) is 5.02 Å². The Labute approximate surface area is 122 Å². The summed E-state index contributed by atoms with van der Waals surface area (Å²) in [6, 6.07) is 2.82. The lowest BCUT2D eigenvalue weighted by Gasteiger charge is -2.10. The zero-order valence-corrected chi connectivity index (χ0v) is 12.8. The van der Waals surface area contributed by atoms with Gasteiger partial charge in [-0.1, -0.05) is 39.1 Å². The smallest absolute Gasteiger partial charge is 0.265 e. The Hall–Kier alpha value is 0.0600. The first-order valence-electron chi connectivity index (χ1n) is 4.18. The highest BCUT2D eigenvalue weighted by Crippen LogP contribution is 2.37. The molecule has 1 aromatic rings. The average molecular weight is 380 g/mol. The van der Waals surface area contributed by atoms with Crippen LogP contribution in [0.5, 0.6) is 5.75 Å². The highest BCUT2D eigenvalue weighted by atomic mass is 79.9. The molecule has 0 amide bonds. The van der Waals surface area contributed by atoms with Crippen molar-refractivity contribution in [2.75, 3.05) is 6.61 Å². The summed E-state index contributed by atoms with van der Waals surface area (Å²) >= 11 is 14.3. The third kappa shape index (κ3) is 4.34. The van der Waals surface area contributed by atoms with Gasteiger partial charge in [0.25, 0.3) is 9.05 Å². The third-order valence-electron chi connectivity index (χ3n) is 1.65. The van der Waals surface area contributed by atoms with Crippen LogP contribution in [0.1, 0.15) is 0 Å². The van der Waals surface area contributed by atoms with Crippen LogP contribution >= 0.6 is 49.8 Å². The fourth-order valence-corrected chi connectivity index (χ4v) is 3.17. The summed E-state index contributed by atoms with van der Waals surface area (Å²) in [6.07, 6.45) is 1.49. The number of benzene rings is 1. The van der Waals surface area contributed by atoms with E-state index in [-0.39, 0.29) is 22.3 Å². The summed E-state index contributed by atoms with van der Waals surface area (Å²) in [5, 5.41) is 0.140. The fourth-order valence-electron chi connectivity index (χ4n) is 1.03. The van der Waals surface area contributed by atoms with Crippen molar-refractivity contribution in [1.29, 1.82) is 0 Å². The first-order chi connectivity index (χ1) is 7.86. The molecule has 0 fully saturated rings. The Kier molecular flexibility index (Phi) is 5.60. The van der Waals surface area contributed by atoms with Gasteiger partial charge in [0.2, 0.25) is 0 Å². The zero-order valence-electron chi connectivity index (χ0n) is 8.16. The van der Waals surface area contributed by atoms with E-state index in [1.165, 1.54) is 23.7 Å². The minimum atomic E-state index is -3.94. The van der Waals surface area contributed by atoms with Gasteiger partial charge in [-0.05, 0) is 18.2 Å². The molecular formula is C9H6BrCl3O3S. The van der Waals surface area contributed by atoms with Crippen molar-refractivity contribution in [3.05, 3.63) is 33.2 Å². The molecule has 0 aliphatic heterocycles. The lowest BCUT2D eigenvalue weighted by molar-refractivity contribution is 0.353. The summed E-state index contributed by atoms with van der Waals surface area (Å²) in [7, 11) is 1.35. The molecule has 3 nitrogen and oxygen atoms in total. The molecule has 0 radical (unpaired) electrons. The quantitative estimate of drug-likeness (QED) is 0.737. The molecule has 0 aromatic heterocycles. The molecule has 0 aliphatic carbocycles. The molecule has 17 heavy (non-hydrogen) atoms. The molecule has 0 N–H and O–H groups in total. The van der Waals surface area contributed by atoms with Crippen LogP contribution in [0.3, 0.4) is 0 Å². The van der Waals surface area contributed by atoms with Crippen molar-refractivity contribution in [2.45, 2.75) is 4.90 Å². The Morgan fingerprint density at radius 2 is 2.06 bits per heavy atom. The van der Waals surface area contributed by atoms with Crippen LogP contribution in [0.15, 0.2) is 33.1 Å². The highest BCUT2D eigenvalue weighted by Gasteiger charge is 2.20. The van der Waals surface area contributed by atoms with Gasteiger partial charge in [-0.3, -0.25) is 0 Å². The van der Waals surface area contributed by atoms with Crippen molar-refractivity contribution in [3.8, 4) is 5.75 Å². The molecule has 0 spiro atoms. The second-order valence-corrected chi connectivity index (χ2v) is 6.93. The average Bonchev–Trinajstić information content (AvgIpc) is 2.19. The van der Waals surface area contributed by atoms with E-state index in [0.717, 1.165) is 0 Å². The van der Waals surface area contributed by atoms with Crippen molar-refractivity contribution < 1.29 is 13.2 Å². The lowest BCUT2D eigenvalue weighted by atomic mass is 10.3. The molecular weight excluding hydrogens is 374 g/mol. The van der Waals surface area contributed by atoms with Crippen LogP contribution in [-0.4, -0.2) is 15.0 Å². The Morgan fingerprint density at radius 1 is 1.41 bits per heavy atom. The Morgan fingerprint density at radius 3 is 2.59 bits per heavy atom. The number of rotatable bonds is 4. The van der Waals surface area contributed by atoms with Gasteiger partial charge in [0.1, 0.15) is 11.5 Å².